The maximum absolute atomic E-state index is 12.2. The van der Waals surface area contributed by atoms with Crippen molar-refractivity contribution in [2.45, 2.75) is 213 Å². The smallest absolute Gasteiger partial charge is 0.330 e. The Bertz CT molecular complexity index is 2390. The van der Waals surface area contributed by atoms with Crippen molar-refractivity contribution in [3.05, 3.63) is 87.3 Å². The Labute approximate surface area is 421 Å². The van der Waals surface area contributed by atoms with E-state index in [9.17, 15) is 39.3 Å². The van der Waals surface area contributed by atoms with Crippen LogP contribution in [0.4, 0.5) is 0 Å². The van der Waals surface area contributed by atoms with Gasteiger partial charge in [0.25, 0.3) is 16.7 Å². The predicted molar refractivity (Wildman–Crippen MR) is 264 cm³/mol. The number of aliphatic hydroxyl groups is 4. The number of aryl methyl sites for hydroxylation is 3. The summed E-state index contributed by atoms with van der Waals surface area (Å²) in [5.74, 6) is 0. The third-order valence-electron chi connectivity index (χ3n) is 13.4. The van der Waals surface area contributed by atoms with Crippen molar-refractivity contribution >= 4 is 0 Å². The van der Waals surface area contributed by atoms with Crippen LogP contribution in [0, 0.1) is 20.8 Å². The quantitative estimate of drug-likeness (QED) is 0.126. The van der Waals surface area contributed by atoms with Crippen molar-refractivity contribution < 1.29 is 65.9 Å². The van der Waals surface area contributed by atoms with E-state index < -0.39 is 83.8 Å². The van der Waals surface area contributed by atoms with Crippen LogP contribution < -0.4 is 32.8 Å². The number of aliphatic hydroxyl groups excluding tert-OH is 4. The van der Waals surface area contributed by atoms with Crippen LogP contribution in [0.2, 0.25) is 0 Å². The third kappa shape index (κ3) is 14.0. The Balaban J connectivity index is 0.000000356. The molecule has 0 spiro atoms. The van der Waals surface area contributed by atoms with E-state index in [-0.39, 0.29) is 63.4 Å². The summed E-state index contributed by atoms with van der Waals surface area (Å²) in [7, 11) is 4.74. The monoisotopic (exact) mass is 1030 g/mol. The molecule has 0 radical (unpaired) electrons. The lowest BCUT2D eigenvalue weighted by molar-refractivity contribution is -0.129. The van der Waals surface area contributed by atoms with Gasteiger partial charge >= 0.3 is 17.4 Å². The summed E-state index contributed by atoms with van der Waals surface area (Å²) < 4.78 is 54.2. The molecule has 24 nitrogen and oxygen atoms in total. The molecule has 24 heteroatoms. The highest BCUT2D eigenvalue weighted by Gasteiger charge is 2.51. The second-order valence-corrected chi connectivity index (χ2v) is 18.5. The number of hydrogen-bond donors (Lipinski definition) is 6. The molecule has 0 aliphatic carbocycles. The van der Waals surface area contributed by atoms with E-state index in [4.69, 9.17) is 47.7 Å². The largest absolute Gasteiger partial charge is 0.453 e. The number of hydrogen-bond acceptors (Lipinski definition) is 19. The molecule has 6 N–H and O–H groups in total. The summed E-state index contributed by atoms with van der Waals surface area (Å²) in [6.45, 7) is 21.5. The molecular weight excluding hydrogens is 949 g/mol. The first-order chi connectivity index (χ1) is 33.9. The number of rotatable bonds is 15. The highest BCUT2D eigenvalue weighted by Crippen LogP contribution is 2.40. The van der Waals surface area contributed by atoms with Crippen molar-refractivity contribution in [1.29, 1.82) is 0 Å². The average molecular weight is 1030 g/mol. The fourth-order valence-electron chi connectivity index (χ4n) is 8.05. The first kappa shape index (κ1) is 60.1. The molecule has 0 bridgehead atoms. The molecule has 3 saturated heterocycles. The van der Waals surface area contributed by atoms with Gasteiger partial charge in [0.2, 0.25) is 0 Å². The summed E-state index contributed by atoms with van der Waals surface area (Å²) in [4.78, 5) is 67.2. The number of methoxy groups -OCH3 is 3. The number of fused-ring (bicyclic) bond motifs is 3. The lowest BCUT2D eigenvalue weighted by Crippen LogP contribution is -2.42. The van der Waals surface area contributed by atoms with Gasteiger partial charge in [0.15, 0.2) is 24.8 Å². The second kappa shape index (κ2) is 26.7. The minimum absolute atomic E-state index is 0. The Hall–Kier alpha value is -4.44. The summed E-state index contributed by atoms with van der Waals surface area (Å²) >= 11 is 0. The Morgan fingerprint density at radius 1 is 0.583 bits per heavy atom. The minimum atomic E-state index is -0.884. The molecule has 7 heterocycles. The van der Waals surface area contributed by atoms with E-state index in [1.165, 1.54) is 21.5 Å². The van der Waals surface area contributed by atoms with Gasteiger partial charge < -0.3 is 63.1 Å². The first-order valence-corrected chi connectivity index (χ1v) is 24.4. The molecule has 0 saturated carbocycles. The van der Waals surface area contributed by atoms with Crippen molar-refractivity contribution in [1.82, 2.24) is 28.7 Å². The number of H-pyrrole nitrogens is 2. The summed E-state index contributed by atoms with van der Waals surface area (Å²) in [5, 5.41) is 39.7. The Morgan fingerprint density at radius 2 is 0.958 bits per heavy atom. The number of aromatic amines is 2. The topological polar surface area (TPSA) is 309 Å². The molecule has 412 valence electrons. The van der Waals surface area contributed by atoms with Gasteiger partial charge in [-0.15, -0.1) is 0 Å². The summed E-state index contributed by atoms with van der Waals surface area (Å²) in [6.07, 6.45) is -2.55. The van der Waals surface area contributed by atoms with E-state index in [1.807, 2.05) is 55.4 Å². The average Bonchev–Trinajstić information content (AvgIpc) is 4.06. The van der Waals surface area contributed by atoms with Crippen molar-refractivity contribution in [2.75, 3.05) is 21.3 Å². The minimum Gasteiger partial charge on any atom is -0.453 e. The highest BCUT2D eigenvalue weighted by molar-refractivity contribution is 5.15. The van der Waals surface area contributed by atoms with E-state index in [0.29, 0.717) is 29.5 Å². The fourth-order valence-corrected chi connectivity index (χ4v) is 8.05. The molecule has 3 fully saturated rings. The zero-order valence-electron chi connectivity index (χ0n) is 44.0. The van der Waals surface area contributed by atoms with Gasteiger partial charge in [-0.3, -0.25) is 38.1 Å². The SMILES string of the molecule is CC[C@H]1O[C@@H](n2cc(C)c(=O)[nH]c2=O)[C@@H](O[C@@H](C)[C@H](C)OC)C1O.CC[C@H]1O[C@@H](n2cc(C)c(=O)[nH]c2=O)[C@@H](O[C@H](C)[C@@H](C)OC)C1O.CC[C@H]1O[C@@H]2[C@H](Oc3nc(=O)c(C)cn32)C1O.CO[C@H](C)[C@@H](C)O.[HH].[HH]. The molecule has 72 heavy (non-hydrogen) atoms. The highest BCUT2D eigenvalue weighted by atomic mass is 16.6. The number of aromatic nitrogens is 6. The van der Waals surface area contributed by atoms with Gasteiger partial charge in [-0.25, -0.2) is 9.59 Å². The van der Waals surface area contributed by atoms with Gasteiger partial charge in [-0.05, 0) is 81.6 Å². The Morgan fingerprint density at radius 3 is 1.32 bits per heavy atom. The molecule has 0 amide bonds. The van der Waals surface area contributed by atoms with Crippen LogP contribution in [0.1, 0.15) is 120 Å². The number of nitrogens with one attached hydrogen (secondary N) is 2. The molecule has 3 aromatic rings. The molecule has 3 aromatic heterocycles. The van der Waals surface area contributed by atoms with Gasteiger partial charge in [0.05, 0.1) is 54.9 Å². The zero-order valence-corrected chi connectivity index (χ0v) is 44.0. The summed E-state index contributed by atoms with van der Waals surface area (Å²) in [5.41, 5.74) is -1.09. The van der Waals surface area contributed by atoms with Gasteiger partial charge in [-0.2, -0.15) is 4.98 Å². The normalized spacial score (nSPS) is 29.7. The van der Waals surface area contributed by atoms with Crippen LogP contribution in [0.5, 0.6) is 6.01 Å². The van der Waals surface area contributed by atoms with Crippen LogP contribution in [0.15, 0.2) is 42.6 Å². The summed E-state index contributed by atoms with van der Waals surface area (Å²) in [6, 6.07) is 0.226. The maximum Gasteiger partial charge on any atom is 0.330 e. The van der Waals surface area contributed by atoms with E-state index in [2.05, 4.69) is 15.0 Å². The van der Waals surface area contributed by atoms with Gasteiger partial charge in [0, 0.05) is 59.5 Å². The molecule has 18 atom stereocenters. The van der Waals surface area contributed by atoms with Crippen LogP contribution in [0.3, 0.4) is 0 Å². The predicted octanol–water partition coefficient (Wildman–Crippen LogP) is 1.52. The fraction of sp³-hybridized carbons (Fsp3) is 0.750. The molecule has 4 aliphatic rings. The van der Waals surface area contributed by atoms with Gasteiger partial charge in [0.1, 0.15) is 30.5 Å². The standard InChI is InChI=1S/2C16H26N2O6.C11H14N2O4.C5H12O2.2H2/c2*1-6-11-12(19)13(23-10(4)9(3)22-5)15(24-11)18-7-8(2)14(20)17-16(18)21;1-3-6-7(14)8-10(16-6)13-4-5(2)9(15)12-11(13)17-8;1-4(6)5(2)7-3;;/h2*7,9-13,15,19H,6H2,1-5H3,(H,17,20,21);4,6-8,10,14H,3H2,1-2H3;4-6H,1-3H3;2*1H/t9-,10-,11+,12?,13-,15+;9-,10-,11-,12?,13+,15-;6-,7?,8-,10-;4-,5-;;/m0111../s1. The van der Waals surface area contributed by atoms with Crippen molar-refractivity contribution in [2.24, 2.45) is 0 Å². The van der Waals surface area contributed by atoms with Crippen molar-refractivity contribution in [3.63, 3.8) is 0 Å². The maximum atomic E-state index is 12.2. The van der Waals surface area contributed by atoms with Crippen LogP contribution in [-0.4, -0.2) is 162 Å². The van der Waals surface area contributed by atoms with Crippen molar-refractivity contribution in [3.8, 4) is 6.01 Å². The zero-order chi connectivity index (χ0) is 54.0. The first-order valence-electron chi connectivity index (χ1n) is 24.4. The van der Waals surface area contributed by atoms with Crippen LogP contribution in [-0.2, 0) is 37.9 Å². The molecule has 7 rings (SSSR count). The number of nitrogens with zero attached hydrogens (tertiary/aromatic N) is 4. The molecule has 4 aliphatic heterocycles. The third-order valence-corrected chi connectivity index (χ3v) is 13.4. The van der Waals surface area contributed by atoms with E-state index in [0.717, 1.165) is 6.42 Å². The lowest BCUT2D eigenvalue weighted by Gasteiger charge is -2.28. The van der Waals surface area contributed by atoms with E-state index in [1.54, 1.807) is 59.8 Å². The molecule has 0 aromatic carbocycles. The van der Waals surface area contributed by atoms with Crippen LogP contribution in [0.25, 0.3) is 0 Å². The van der Waals surface area contributed by atoms with Crippen LogP contribution >= 0.6 is 0 Å². The molecular formula is C48H82N6O18. The Kier molecular flexibility index (Phi) is 22.3. The van der Waals surface area contributed by atoms with E-state index >= 15 is 0 Å². The number of ether oxygens (including phenoxy) is 9. The molecule has 3 unspecified atom stereocenters. The van der Waals surface area contributed by atoms with Gasteiger partial charge in [-0.1, -0.05) is 20.8 Å². The lowest BCUT2D eigenvalue weighted by atomic mass is 10.1. The second-order valence-electron chi connectivity index (χ2n) is 18.5.